The zero-order chi connectivity index (χ0) is 13.1. The van der Waals surface area contributed by atoms with Crippen molar-refractivity contribution < 1.29 is 9.26 Å². The third-order valence-electron chi connectivity index (χ3n) is 2.64. The van der Waals surface area contributed by atoms with E-state index < -0.39 is 0 Å². The molecule has 0 saturated carbocycles. The lowest BCUT2D eigenvalue weighted by Crippen LogP contribution is -1.90. The first-order chi connectivity index (χ1) is 9.35. The van der Waals surface area contributed by atoms with Gasteiger partial charge in [-0.1, -0.05) is 11.2 Å². The summed E-state index contributed by atoms with van der Waals surface area (Å²) in [6, 6.07) is 13.5. The first-order valence-corrected chi connectivity index (χ1v) is 6.65. The van der Waals surface area contributed by atoms with E-state index in [1.54, 1.807) is 18.4 Å². The zero-order valence-electron chi connectivity index (χ0n) is 10.3. The topological polar surface area (TPSA) is 47.3 Å². The summed E-state index contributed by atoms with van der Waals surface area (Å²) < 4.78 is 10.4. The number of hydrogen-bond donors (Lipinski definition) is 1. The zero-order valence-corrected chi connectivity index (χ0v) is 11.1. The maximum absolute atomic E-state index is 5.30. The van der Waals surface area contributed by atoms with E-state index in [4.69, 9.17) is 9.26 Å². The summed E-state index contributed by atoms with van der Waals surface area (Å²) in [7, 11) is 1.65. The summed E-state index contributed by atoms with van der Waals surface area (Å²) in [5.74, 6) is 2.28. The van der Waals surface area contributed by atoms with Gasteiger partial charge in [0.1, 0.15) is 5.75 Å². The highest BCUT2D eigenvalue weighted by molar-refractivity contribution is 7.13. The molecule has 0 radical (unpaired) electrons. The van der Waals surface area contributed by atoms with E-state index >= 15 is 0 Å². The van der Waals surface area contributed by atoms with Gasteiger partial charge in [0.25, 0.3) is 0 Å². The highest BCUT2D eigenvalue weighted by Gasteiger charge is 2.07. The first kappa shape index (κ1) is 11.8. The van der Waals surface area contributed by atoms with Gasteiger partial charge in [-0.25, -0.2) is 0 Å². The van der Waals surface area contributed by atoms with Crippen molar-refractivity contribution in [1.29, 1.82) is 0 Å². The largest absolute Gasteiger partial charge is 0.497 e. The minimum Gasteiger partial charge on any atom is -0.497 e. The highest BCUT2D eigenvalue weighted by Crippen LogP contribution is 2.28. The Morgan fingerprint density at radius 3 is 2.74 bits per heavy atom. The van der Waals surface area contributed by atoms with Crippen molar-refractivity contribution in [1.82, 2.24) is 5.16 Å². The smallest absolute Gasteiger partial charge is 0.179 e. The Hall–Kier alpha value is -2.27. The van der Waals surface area contributed by atoms with Crippen LogP contribution in [-0.4, -0.2) is 12.3 Å². The van der Waals surface area contributed by atoms with E-state index in [0.29, 0.717) is 5.82 Å². The van der Waals surface area contributed by atoms with Crippen molar-refractivity contribution >= 4 is 22.8 Å². The Morgan fingerprint density at radius 2 is 2.05 bits per heavy atom. The minimum absolute atomic E-state index is 0.688. The summed E-state index contributed by atoms with van der Waals surface area (Å²) in [5, 5.41) is 9.19. The molecule has 0 atom stereocenters. The number of rotatable bonds is 4. The van der Waals surface area contributed by atoms with Gasteiger partial charge in [-0.15, -0.1) is 11.3 Å². The van der Waals surface area contributed by atoms with Crippen LogP contribution in [0.25, 0.3) is 10.6 Å². The van der Waals surface area contributed by atoms with Gasteiger partial charge in [0.2, 0.25) is 0 Å². The quantitative estimate of drug-likeness (QED) is 0.774. The van der Waals surface area contributed by atoms with Gasteiger partial charge >= 0.3 is 0 Å². The number of aromatic nitrogens is 1. The van der Waals surface area contributed by atoms with Crippen LogP contribution in [0.2, 0.25) is 0 Å². The number of methoxy groups -OCH3 is 1. The molecule has 1 aromatic carbocycles. The molecular formula is C14H12N2O2S. The first-order valence-electron chi connectivity index (χ1n) is 5.77. The predicted molar refractivity (Wildman–Crippen MR) is 76.1 cm³/mol. The van der Waals surface area contributed by atoms with Crippen LogP contribution in [0.15, 0.2) is 52.4 Å². The number of hydrogen-bond acceptors (Lipinski definition) is 5. The van der Waals surface area contributed by atoms with E-state index in [1.807, 2.05) is 47.8 Å². The Kier molecular flexibility index (Phi) is 3.20. The van der Waals surface area contributed by atoms with Gasteiger partial charge in [-0.05, 0) is 35.7 Å². The molecule has 0 bridgehead atoms. The highest BCUT2D eigenvalue weighted by atomic mass is 32.1. The average Bonchev–Trinajstić information content (AvgIpc) is 3.10. The van der Waals surface area contributed by atoms with Crippen LogP contribution in [-0.2, 0) is 0 Å². The molecule has 2 heterocycles. The Bertz CT molecular complexity index is 644. The summed E-state index contributed by atoms with van der Waals surface area (Å²) >= 11 is 1.62. The molecule has 0 aliphatic carbocycles. The third kappa shape index (κ3) is 2.61. The van der Waals surface area contributed by atoms with Crippen LogP contribution >= 0.6 is 11.3 Å². The molecular weight excluding hydrogens is 260 g/mol. The van der Waals surface area contributed by atoms with Crippen molar-refractivity contribution in [3.8, 4) is 16.4 Å². The Labute approximate surface area is 114 Å². The molecule has 0 unspecified atom stereocenters. The van der Waals surface area contributed by atoms with E-state index in [-0.39, 0.29) is 0 Å². The molecule has 1 N–H and O–H groups in total. The SMILES string of the molecule is COc1ccc(Nc2cc(-c3cccs3)on2)cc1. The molecule has 0 amide bonds. The van der Waals surface area contributed by atoms with Crippen LogP contribution in [0.1, 0.15) is 0 Å². The monoisotopic (exact) mass is 272 g/mol. The number of benzene rings is 1. The summed E-state index contributed by atoms with van der Waals surface area (Å²) in [5.41, 5.74) is 0.937. The normalized spacial score (nSPS) is 10.4. The summed E-state index contributed by atoms with van der Waals surface area (Å²) in [6.45, 7) is 0. The maximum atomic E-state index is 5.30. The van der Waals surface area contributed by atoms with Crippen molar-refractivity contribution in [2.24, 2.45) is 0 Å². The van der Waals surface area contributed by atoms with Crippen molar-refractivity contribution in [2.75, 3.05) is 12.4 Å². The second kappa shape index (κ2) is 5.16. The van der Waals surface area contributed by atoms with E-state index in [9.17, 15) is 0 Å². The predicted octanol–water partition coefficient (Wildman–Crippen LogP) is 4.16. The molecule has 19 heavy (non-hydrogen) atoms. The Balaban J connectivity index is 1.76. The van der Waals surface area contributed by atoms with Gasteiger partial charge in [-0.2, -0.15) is 0 Å². The maximum Gasteiger partial charge on any atom is 0.179 e. The number of thiophene rings is 1. The molecule has 3 rings (SSSR count). The van der Waals surface area contributed by atoms with Crippen LogP contribution in [0.5, 0.6) is 5.75 Å². The Morgan fingerprint density at radius 1 is 1.21 bits per heavy atom. The second-order valence-corrected chi connectivity index (χ2v) is 4.85. The standard InChI is InChI=1S/C14H12N2O2S/c1-17-11-6-4-10(5-7-11)15-14-9-12(18-16-14)13-3-2-8-19-13/h2-9H,1H3,(H,15,16). The van der Waals surface area contributed by atoms with Gasteiger partial charge in [-0.3, -0.25) is 0 Å². The minimum atomic E-state index is 0.688. The fourth-order valence-electron chi connectivity index (χ4n) is 1.69. The van der Waals surface area contributed by atoms with E-state index in [0.717, 1.165) is 22.1 Å². The molecule has 0 spiro atoms. The second-order valence-electron chi connectivity index (χ2n) is 3.91. The lowest BCUT2D eigenvalue weighted by Gasteiger charge is -2.03. The van der Waals surface area contributed by atoms with Crippen LogP contribution in [0.4, 0.5) is 11.5 Å². The van der Waals surface area contributed by atoms with Gasteiger partial charge in [0.15, 0.2) is 11.6 Å². The van der Waals surface area contributed by atoms with Crippen molar-refractivity contribution in [3.63, 3.8) is 0 Å². The number of ether oxygens (including phenoxy) is 1. The van der Waals surface area contributed by atoms with Crippen LogP contribution in [0.3, 0.4) is 0 Å². The number of nitrogens with zero attached hydrogens (tertiary/aromatic N) is 1. The molecule has 96 valence electrons. The third-order valence-corrected chi connectivity index (χ3v) is 3.52. The number of nitrogens with one attached hydrogen (secondary N) is 1. The average molecular weight is 272 g/mol. The van der Waals surface area contributed by atoms with Gasteiger partial charge in [0, 0.05) is 11.8 Å². The number of anilines is 2. The fraction of sp³-hybridized carbons (Fsp3) is 0.0714. The molecule has 5 heteroatoms. The van der Waals surface area contributed by atoms with E-state index in [1.165, 1.54) is 0 Å². The van der Waals surface area contributed by atoms with Crippen molar-refractivity contribution in [2.45, 2.75) is 0 Å². The fourth-order valence-corrected chi connectivity index (χ4v) is 2.36. The molecule has 3 aromatic rings. The molecule has 0 aliphatic rings. The van der Waals surface area contributed by atoms with Crippen molar-refractivity contribution in [3.05, 3.63) is 47.8 Å². The molecule has 0 fully saturated rings. The lowest BCUT2D eigenvalue weighted by molar-refractivity contribution is 0.415. The lowest BCUT2D eigenvalue weighted by atomic mass is 10.3. The summed E-state index contributed by atoms with van der Waals surface area (Å²) in [6.07, 6.45) is 0. The van der Waals surface area contributed by atoms with Crippen LogP contribution < -0.4 is 10.1 Å². The van der Waals surface area contributed by atoms with E-state index in [2.05, 4.69) is 10.5 Å². The molecule has 0 aliphatic heterocycles. The molecule has 4 nitrogen and oxygen atoms in total. The molecule has 2 aromatic heterocycles. The summed E-state index contributed by atoms with van der Waals surface area (Å²) in [4.78, 5) is 1.07. The van der Waals surface area contributed by atoms with Gasteiger partial charge in [0.05, 0.1) is 12.0 Å². The van der Waals surface area contributed by atoms with Crippen LogP contribution in [0, 0.1) is 0 Å². The van der Waals surface area contributed by atoms with Gasteiger partial charge < -0.3 is 14.6 Å². The molecule has 0 saturated heterocycles.